The largest absolute Gasteiger partial charge is 0.493 e. The first-order valence-corrected chi connectivity index (χ1v) is 4.96. The fourth-order valence-corrected chi connectivity index (χ4v) is 1.18. The lowest BCUT2D eigenvalue weighted by Gasteiger charge is -2.11. The molecule has 0 saturated carbocycles. The average Bonchev–Trinajstić information content (AvgIpc) is 2.29. The summed E-state index contributed by atoms with van der Waals surface area (Å²) in [5, 5.41) is 0. The van der Waals surface area contributed by atoms with E-state index >= 15 is 0 Å². The fourth-order valence-electron chi connectivity index (χ4n) is 1.18. The number of hydrogen-bond acceptors (Lipinski definition) is 4. The van der Waals surface area contributed by atoms with Crippen LogP contribution in [0.15, 0.2) is 24.3 Å². The van der Waals surface area contributed by atoms with Crippen molar-refractivity contribution in [3.05, 3.63) is 24.3 Å². The van der Waals surface area contributed by atoms with Crippen LogP contribution in [-0.2, 0) is 4.79 Å². The van der Waals surface area contributed by atoms with E-state index in [1.165, 1.54) is 0 Å². The number of rotatable bonds is 6. The average molecular weight is 224 g/mol. The van der Waals surface area contributed by atoms with Crippen molar-refractivity contribution >= 4 is 5.91 Å². The smallest absolute Gasteiger partial charge is 0.234 e. The molecule has 0 radical (unpaired) electrons. The third-order valence-electron chi connectivity index (χ3n) is 2.12. The maximum Gasteiger partial charge on any atom is 0.234 e. The highest BCUT2D eigenvalue weighted by molar-refractivity contribution is 5.79. The highest BCUT2D eigenvalue weighted by Gasteiger charge is 2.09. The predicted octanol–water partition coefficient (Wildman–Crippen LogP) is 0.277. The first-order valence-electron chi connectivity index (χ1n) is 4.96. The van der Waals surface area contributed by atoms with Gasteiger partial charge in [-0.1, -0.05) is 12.1 Å². The zero-order valence-corrected chi connectivity index (χ0v) is 9.18. The molecule has 0 bridgehead atoms. The van der Waals surface area contributed by atoms with Crippen LogP contribution in [0.1, 0.15) is 6.42 Å². The lowest BCUT2D eigenvalue weighted by atomic mass is 10.2. The van der Waals surface area contributed by atoms with Crippen LogP contribution in [0.5, 0.6) is 11.5 Å². The number of benzene rings is 1. The van der Waals surface area contributed by atoms with Crippen LogP contribution < -0.4 is 20.9 Å². The molecule has 88 valence electrons. The monoisotopic (exact) mass is 224 g/mol. The molecule has 1 aromatic rings. The molecule has 1 rings (SSSR count). The van der Waals surface area contributed by atoms with Gasteiger partial charge in [-0.25, -0.2) is 0 Å². The second-order valence-corrected chi connectivity index (χ2v) is 3.30. The molecule has 1 amide bonds. The van der Waals surface area contributed by atoms with Crippen molar-refractivity contribution in [2.75, 3.05) is 13.7 Å². The summed E-state index contributed by atoms with van der Waals surface area (Å²) in [6.07, 6.45) is 0.382. The van der Waals surface area contributed by atoms with Crippen LogP contribution in [0.25, 0.3) is 0 Å². The Bertz CT molecular complexity index is 355. The minimum Gasteiger partial charge on any atom is -0.493 e. The van der Waals surface area contributed by atoms with E-state index in [1.54, 1.807) is 19.2 Å². The third-order valence-corrected chi connectivity index (χ3v) is 2.12. The Kier molecular flexibility index (Phi) is 4.60. The number of nitrogens with two attached hydrogens (primary N) is 2. The van der Waals surface area contributed by atoms with E-state index in [4.69, 9.17) is 20.9 Å². The Hall–Kier alpha value is -1.75. The van der Waals surface area contributed by atoms with Gasteiger partial charge in [0.15, 0.2) is 11.5 Å². The SMILES string of the molecule is COc1ccccc1OCCC(N)C(N)=O. The topological polar surface area (TPSA) is 87.6 Å². The first-order chi connectivity index (χ1) is 7.65. The number of para-hydroxylation sites is 2. The van der Waals surface area contributed by atoms with E-state index in [0.717, 1.165) is 0 Å². The van der Waals surface area contributed by atoms with Crippen molar-refractivity contribution < 1.29 is 14.3 Å². The van der Waals surface area contributed by atoms with E-state index in [2.05, 4.69) is 0 Å². The van der Waals surface area contributed by atoms with Gasteiger partial charge in [0.2, 0.25) is 5.91 Å². The molecular formula is C11H16N2O3. The summed E-state index contributed by atoms with van der Waals surface area (Å²) in [5.41, 5.74) is 10.5. The van der Waals surface area contributed by atoms with Gasteiger partial charge in [0, 0.05) is 6.42 Å². The standard InChI is InChI=1S/C11H16N2O3/c1-15-9-4-2-3-5-10(9)16-7-6-8(12)11(13)14/h2-5,8H,6-7,12H2,1H3,(H2,13,14). The number of methoxy groups -OCH3 is 1. The molecule has 5 nitrogen and oxygen atoms in total. The summed E-state index contributed by atoms with van der Waals surface area (Å²) in [6.45, 7) is 0.324. The van der Waals surface area contributed by atoms with Gasteiger partial charge in [0.05, 0.1) is 19.8 Å². The second kappa shape index (κ2) is 5.97. The molecule has 4 N–H and O–H groups in total. The molecule has 0 spiro atoms. The number of carbonyl (C=O) groups excluding carboxylic acids is 1. The highest BCUT2D eigenvalue weighted by atomic mass is 16.5. The van der Waals surface area contributed by atoms with Crippen molar-refractivity contribution in [1.29, 1.82) is 0 Å². The number of amides is 1. The molecule has 0 aromatic heterocycles. The van der Waals surface area contributed by atoms with Gasteiger partial charge in [-0.2, -0.15) is 0 Å². The normalized spacial score (nSPS) is 11.9. The number of ether oxygens (including phenoxy) is 2. The van der Waals surface area contributed by atoms with E-state index < -0.39 is 11.9 Å². The van der Waals surface area contributed by atoms with Gasteiger partial charge in [0.1, 0.15) is 0 Å². The van der Waals surface area contributed by atoms with E-state index in [0.29, 0.717) is 24.5 Å². The van der Waals surface area contributed by atoms with Crippen LogP contribution >= 0.6 is 0 Å². The molecule has 1 unspecified atom stereocenters. The molecule has 1 atom stereocenters. The minimum atomic E-state index is -0.672. The minimum absolute atomic E-state index is 0.324. The van der Waals surface area contributed by atoms with Crippen LogP contribution in [0.3, 0.4) is 0 Å². The lowest BCUT2D eigenvalue weighted by Crippen LogP contribution is -2.37. The third kappa shape index (κ3) is 3.43. The maximum absolute atomic E-state index is 10.7. The summed E-state index contributed by atoms with van der Waals surface area (Å²) < 4.78 is 10.5. The van der Waals surface area contributed by atoms with Crippen LogP contribution in [0.2, 0.25) is 0 Å². The van der Waals surface area contributed by atoms with Gasteiger partial charge in [-0.05, 0) is 12.1 Å². The summed E-state index contributed by atoms with van der Waals surface area (Å²) in [4.78, 5) is 10.7. The van der Waals surface area contributed by atoms with Gasteiger partial charge in [-0.3, -0.25) is 4.79 Å². The van der Waals surface area contributed by atoms with Crippen molar-refractivity contribution in [3.8, 4) is 11.5 Å². The number of primary amides is 1. The van der Waals surface area contributed by atoms with Crippen molar-refractivity contribution in [1.82, 2.24) is 0 Å². The number of carbonyl (C=O) groups is 1. The van der Waals surface area contributed by atoms with Crippen molar-refractivity contribution in [3.63, 3.8) is 0 Å². The summed E-state index contributed by atoms with van der Waals surface area (Å²) in [6, 6.07) is 6.60. The Morgan fingerprint density at radius 2 is 2.00 bits per heavy atom. The summed E-state index contributed by atoms with van der Waals surface area (Å²) in [7, 11) is 1.57. The van der Waals surface area contributed by atoms with Gasteiger partial charge in [-0.15, -0.1) is 0 Å². The Morgan fingerprint density at radius 3 is 2.56 bits per heavy atom. The lowest BCUT2D eigenvalue weighted by molar-refractivity contribution is -0.119. The van der Waals surface area contributed by atoms with Gasteiger partial charge < -0.3 is 20.9 Å². The molecular weight excluding hydrogens is 208 g/mol. The Balaban J connectivity index is 2.45. The number of hydrogen-bond donors (Lipinski definition) is 2. The summed E-state index contributed by atoms with van der Waals surface area (Å²) >= 11 is 0. The molecule has 0 saturated heterocycles. The molecule has 5 heteroatoms. The van der Waals surface area contributed by atoms with Crippen molar-refractivity contribution in [2.45, 2.75) is 12.5 Å². The molecule has 0 aliphatic rings. The van der Waals surface area contributed by atoms with Crippen LogP contribution in [-0.4, -0.2) is 25.7 Å². The predicted molar refractivity (Wildman–Crippen MR) is 60.3 cm³/mol. The van der Waals surface area contributed by atoms with Gasteiger partial charge in [0.25, 0.3) is 0 Å². The quantitative estimate of drug-likeness (QED) is 0.726. The molecule has 1 aromatic carbocycles. The maximum atomic E-state index is 10.7. The van der Waals surface area contributed by atoms with Gasteiger partial charge >= 0.3 is 0 Å². The molecule has 0 aliphatic carbocycles. The molecule has 0 aliphatic heterocycles. The Labute approximate surface area is 94.3 Å². The van der Waals surface area contributed by atoms with E-state index in [-0.39, 0.29) is 0 Å². The first kappa shape index (κ1) is 12.3. The fraction of sp³-hybridized carbons (Fsp3) is 0.364. The molecule has 16 heavy (non-hydrogen) atoms. The zero-order valence-electron chi connectivity index (χ0n) is 9.18. The van der Waals surface area contributed by atoms with Crippen molar-refractivity contribution in [2.24, 2.45) is 11.5 Å². The van der Waals surface area contributed by atoms with Crippen LogP contribution in [0.4, 0.5) is 0 Å². The summed E-state index contributed by atoms with van der Waals surface area (Å²) in [5.74, 6) is 0.750. The Morgan fingerprint density at radius 1 is 1.38 bits per heavy atom. The van der Waals surface area contributed by atoms with E-state index in [9.17, 15) is 4.79 Å². The zero-order chi connectivity index (χ0) is 12.0. The van der Waals surface area contributed by atoms with E-state index in [1.807, 2.05) is 12.1 Å². The van der Waals surface area contributed by atoms with Crippen LogP contribution in [0, 0.1) is 0 Å². The second-order valence-electron chi connectivity index (χ2n) is 3.30. The molecule has 0 heterocycles. The highest BCUT2D eigenvalue weighted by Crippen LogP contribution is 2.25. The molecule has 0 fully saturated rings.